The van der Waals surface area contributed by atoms with Crippen molar-refractivity contribution in [2.75, 3.05) is 20.2 Å². The van der Waals surface area contributed by atoms with E-state index in [0.717, 1.165) is 24.0 Å². The van der Waals surface area contributed by atoms with Crippen LogP contribution in [0.15, 0.2) is 60.7 Å². The average molecular weight is 546 g/mol. The van der Waals surface area contributed by atoms with E-state index in [2.05, 4.69) is 22.5 Å². The summed E-state index contributed by atoms with van der Waals surface area (Å²) in [5, 5.41) is 5.20. The van der Waals surface area contributed by atoms with Crippen molar-refractivity contribution in [3.05, 3.63) is 77.4 Å². The Kier molecular flexibility index (Phi) is 10.5. The summed E-state index contributed by atoms with van der Waals surface area (Å²) in [5.41, 5.74) is 1.39. The SMILES string of the molecule is COC(=O)C(CNC(=O)CN(C(=O)OC(C)(C)C)C1CC1)NC(=O)c1ccc(C#CC=Cc2ccccc2)cc1. The van der Waals surface area contributed by atoms with Gasteiger partial charge < -0.3 is 20.1 Å². The van der Waals surface area contributed by atoms with E-state index in [4.69, 9.17) is 9.47 Å². The van der Waals surface area contributed by atoms with E-state index in [1.807, 2.05) is 36.4 Å². The van der Waals surface area contributed by atoms with Crippen LogP contribution in [0.5, 0.6) is 0 Å². The fraction of sp³-hybridized carbons (Fsp3) is 0.355. The Hall–Kier alpha value is -4.58. The van der Waals surface area contributed by atoms with E-state index in [1.165, 1.54) is 12.0 Å². The molecule has 9 heteroatoms. The lowest BCUT2D eigenvalue weighted by atomic mass is 10.1. The Balaban J connectivity index is 1.55. The van der Waals surface area contributed by atoms with Gasteiger partial charge in [-0.05, 0) is 75.6 Å². The third-order valence-electron chi connectivity index (χ3n) is 5.75. The van der Waals surface area contributed by atoms with Gasteiger partial charge in [-0.2, -0.15) is 0 Å². The Morgan fingerprint density at radius 1 is 1.05 bits per heavy atom. The number of nitrogens with zero attached hydrogens (tertiary/aromatic N) is 1. The minimum absolute atomic E-state index is 0.0516. The van der Waals surface area contributed by atoms with E-state index in [-0.39, 0.29) is 19.1 Å². The Morgan fingerprint density at radius 2 is 1.73 bits per heavy atom. The summed E-state index contributed by atoms with van der Waals surface area (Å²) >= 11 is 0. The number of carbonyl (C=O) groups excluding carboxylic acids is 4. The quantitative estimate of drug-likeness (QED) is 0.368. The number of hydrogen-bond donors (Lipinski definition) is 2. The topological polar surface area (TPSA) is 114 Å². The number of ether oxygens (including phenoxy) is 2. The highest BCUT2D eigenvalue weighted by Crippen LogP contribution is 2.28. The molecule has 1 fully saturated rings. The van der Waals surface area contributed by atoms with Crippen molar-refractivity contribution in [1.82, 2.24) is 15.5 Å². The molecule has 1 saturated carbocycles. The van der Waals surface area contributed by atoms with E-state index in [0.29, 0.717) is 5.56 Å². The van der Waals surface area contributed by atoms with Crippen LogP contribution in [-0.4, -0.2) is 66.7 Å². The number of esters is 1. The lowest BCUT2D eigenvalue weighted by Gasteiger charge is -2.27. The minimum atomic E-state index is -1.13. The molecular formula is C31H35N3O6. The lowest BCUT2D eigenvalue weighted by molar-refractivity contribution is -0.142. The highest BCUT2D eigenvalue weighted by molar-refractivity contribution is 5.97. The number of allylic oxidation sites excluding steroid dienone is 1. The van der Waals surface area contributed by atoms with Gasteiger partial charge >= 0.3 is 12.1 Å². The molecule has 0 spiro atoms. The van der Waals surface area contributed by atoms with Gasteiger partial charge in [-0.25, -0.2) is 9.59 Å². The molecular weight excluding hydrogens is 510 g/mol. The summed E-state index contributed by atoms with van der Waals surface area (Å²) in [6.45, 7) is 4.84. The number of benzene rings is 2. The molecule has 40 heavy (non-hydrogen) atoms. The van der Waals surface area contributed by atoms with Crippen LogP contribution < -0.4 is 10.6 Å². The highest BCUT2D eigenvalue weighted by atomic mass is 16.6. The molecule has 2 aromatic rings. The van der Waals surface area contributed by atoms with Crippen molar-refractivity contribution >= 4 is 30.0 Å². The number of rotatable bonds is 9. The maximum atomic E-state index is 12.8. The fourth-order valence-electron chi connectivity index (χ4n) is 3.59. The fourth-order valence-corrected chi connectivity index (χ4v) is 3.59. The average Bonchev–Trinajstić information content (AvgIpc) is 3.77. The van der Waals surface area contributed by atoms with Crippen molar-refractivity contribution in [3.8, 4) is 11.8 Å². The zero-order valence-electron chi connectivity index (χ0n) is 23.2. The molecule has 9 nitrogen and oxygen atoms in total. The summed E-state index contributed by atoms with van der Waals surface area (Å²) in [6, 6.07) is 15.2. The number of amides is 3. The number of hydrogen-bond acceptors (Lipinski definition) is 6. The second-order valence-electron chi connectivity index (χ2n) is 10.3. The van der Waals surface area contributed by atoms with Crippen LogP contribution in [0.25, 0.3) is 6.08 Å². The number of nitrogens with one attached hydrogen (secondary N) is 2. The zero-order chi connectivity index (χ0) is 29.1. The van der Waals surface area contributed by atoms with E-state index < -0.39 is 35.5 Å². The maximum absolute atomic E-state index is 12.8. The second-order valence-corrected chi connectivity index (χ2v) is 10.3. The monoisotopic (exact) mass is 545 g/mol. The molecule has 0 aliphatic heterocycles. The molecule has 2 aromatic carbocycles. The van der Waals surface area contributed by atoms with Crippen molar-refractivity contribution in [1.29, 1.82) is 0 Å². The first-order chi connectivity index (χ1) is 19.1. The van der Waals surface area contributed by atoms with Crippen molar-refractivity contribution in [2.24, 2.45) is 0 Å². The molecule has 210 valence electrons. The van der Waals surface area contributed by atoms with Crippen LogP contribution in [0, 0.1) is 11.8 Å². The lowest BCUT2D eigenvalue weighted by Crippen LogP contribution is -2.51. The Labute approximate surface area is 234 Å². The van der Waals surface area contributed by atoms with Crippen LogP contribution in [0.1, 0.15) is 55.1 Å². The van der Waals surface area contributed by atoms with Gasteiger partial charge in [0.15, 0.2) is 0 Å². The number of carbonyl (C=O) groups is 4. The second kappa shape index (κ2) is 14.0. The summed E-state index contributed by atoms with van der Waals surface area (Å²) in [7, 11) is 1.19. The predicted molar refractivity (Wildman–Crippen MR) is 151 cm³/mol. The van der Waals surface area contributed by atoms with Crippen molar-refractivity contribution in [2.45, 2.75) is 51.3 Å². The molecule has 0 bridgehead atoms. The molecule has 3 rings (SSSR count). The molecule has 1 aliphatic rings. The van der Waals surface area contributed by atoms with Gasteiger partial charge in [0.25, 0.3) is 5.91 Å². The van der Waals surface area contributed by atoms with Crippen molar-refractivity contribution < 1.29 is 28.7 Å². The largest absolute Gasteiger partial charge is 0.467 e. The first kappa shape index (κ1) is 30.0. The van der Waals surface area contributed by atoms with Gasteiger partial charge in [0.1, 0.15) is 18.2 Å². The smallest absolute Gasteiger partial charge is 0.411 e. The molecule has 2 N–H and O–H groups in total. The van der Waals surface area contributed by atoms with E-state index in [1.54, 1.807) is 51.1 Å². The summed E-state index contributed by atoms with van der Waals surface area (Å²) in [6.07, 6.45) is 4.68. The van der Waals surface area contributed by atoms with Gasteiger partial charge in [0, 0.05) is 23.7 Å². The standard InChI is InChI=1S/C31H35N3O6/c1-31(2,3)40-30(38)34(25-18-19-25)21-27(35)32-20-26(29(37)39-4)33-28(36)24-16-14-23(15-17-24)13-9-8-12-22-10-6-5-7-11-22/h5-8,10-12,14-17,25-26H,18-21H2,1-4H3,(H,32,35)(H,33,36). The molecule has 1 aliphatic carbocycles. The summed E-state index contributed by atoms with van der Waals surface area (Å²) < 4.78 is 10.2. The van der Waals surface area contributed by atoms with Crippen LogP contribution in [0.4, 0.5) is 4.79 Å². The van der Waals surface area contributed by atoms with Gasteiger partial charge in [-0.15, -0.1) is 0 Å². The molecule has 1 unspecified atom stereocenters. The van der Waals surface area contributed by atoms with Gasteiger partial charge in [-0.1, -0.05) is 42.2 Å². The minimum Gasteiger partial charge on any atom is -0.467 e. The van der Waals surface area contributed by atoms with Crippen LogP contribution >= 0.6 is 0 Å². The summed E-state index contributed by atoms with van der Waals surface area (Å²) in [4.78, 5) is 51.6. The van der Waals surface area contributed by atoms with E-state index in [9.17, 15) is 19.2 Å². The molecule has 3 amide bonds. The maximum Gasteiger partial charge on any atom is 0.411 e. The molecule has 0 aromatic heterocycles. The van der Waals surface area contributed by atoms with Crippen LogP contribution in [0.2, 0.25) is 0 Å². The Bertz CT molecular complexity index is 1280. The third-order valence-corrected chi connectivity index (χ3v) is 5.75. The van der Waals surface area contributed by atoms with E-state index >= 15 is 0 Å². The van der Waals surface area contributed by atoms with Gasteiger partial charge in [-0.3, -0.25) is 14.5 Å². The van der Waals surface area contributed by atoms with Gasteiger partial charge in [0.05, 0.1) is 7.11 Å². The highest BCUT2D eigenvalue weighted by Gasteiger charge is 2.36. The van der Waals surface area contributed by atoms with Crippen LogP contribution in [-0.2, 0) is 19.1 Å². The first-order valence-electron chi connectivity index (χ1n) is 13.0. The number of methoxy groups -OCH3 is 1. The third kappa shape index (κ3) is 9.95. The molecule has 0 heterocycles. The first-order valence-corrected chi connectivity index (χ1v) is 13.0. The molecule has 0 radical (unpaired) electrons. The van der Waals surface area contributed by atoms with Gasteiger partial charge in [0.2, 0.25) is 5.91 Å². The molecule has 1 atom stereocenters. The van der Waals surface area contributed by atoms with Crippen LogP contribution in [0.3, 0.4) is 0 Å². The zero-order valence-corrected chi connectivity index (χ0v) is 23.2. The normalized spacial score (nSPS) is 13.4. The summed E-state index contributed by atoms with van der Waals surface area (Å²) in [5.74, 6) is 4.25. The molecule has 0 saturated heterocycles. The predicted octanol–water partition coefficient (Wildman–Crippen LogP) is 3.54. The van der Waals surface area contributed by atoms with Crippen molar-refractivity contribution in [3.63, 3.8) is 0 Å². The Morgan fingerprint density at radius 3 is 2.33 bits per heavy atom.